The van der Waals surface area contributed by atoms with Gasteiger partial charge >= 0.3 is 0 Å². The fraction of sp³-hybridized carbons (Fsp3) is 0.400. The monoisotopic (exact) mass is 313 g/mol. The summed E-state index contributed by atoms with van der Waals surface area (Å²) in [5.41, 5.74) is 2.01. The molecule has 1 nitrogen and oxygen atoms in total. The maximum atomic E-state index is 5.95. The summed E-state index contributed by atoms with van der Waals surface area (Å²) in [6, 6.07) is 15.2. The zero-order valence-electron chi connectivity index (χ0n) is 13.6. The Balaban J connectivity index is 1.98. The maximum absolute atomic E-state index is 5.95. The van der Waals surface area contributed by atoms with Crippen molar-refractivity contribution >= 4 is 32.8 Å². The summed E-state index contributed by atoms with van der Waals surface area (Å²) in [5, 5.41) is 2.52. The molecule has 2 heteroatoms. The normalized spacial score (nSPS) is 11.8. The van der Waals surface area contributed by atoms with Crippen LogP contribution in [0.3, 0.4) is 0 Å². The van der Waals surface area contributed by atoms with Crippen molar-refractivity contribution in [2.75, 3.05) is 11.5 Å². The second-order valence-corrected chi connectivity index (χ2v) is 8.14. The van der Waals surface area contributed by atoms with Crippen LogP contribution in [0.5, 0.6) is 0 Å². The van der Waals surface area contributed by atoms with Crippen LogP contribution < -0.4 is 0 Å². The molecule has 0 fully saturated rings. The van der Waals surface area contributed by atoms with Crippen molar-refractivity contribution < 1.29 is 4.42 Å². The third-order valence-electron chi connectivity index (χ3n) is 4.17. The highest BCUT2D eigenvalue weighted by molar-refractivity contribution is 7.96. The van der Waals surface area contributed by atoms with E-state index in [-0.39, 0.29) is 0 Å². The molecule has 3 rings (SSSR count). The molecule has 0 atom stereocenters. The molecule has 1 aromatic heterocycles. The number of hydrogen-bond acceptors (Lipinski definition) is 1. The minimum atomic E-state index is 0.388. The third-order valence-corrected chi connectivity index (χ3v) is 6.65. The van der Waals surface area contributed by atoms with Gasteiger partial charge in [0.15, 0.2) is 4.90 Å². The Bertz CT molecular complexity index is 736. The summed E-state index contributed by atoms with van der Waals surface area (Å²) in [4.78, 5) is 1.51. The lowest BCUT2D eigenvalue weighted by atomic mass is 10.1. The molecule has 0 unspecified atom stereocenters. The van der Waals surface area contributed by atoms with E-state index in [0.29, 0.717) is 10.9 Å². The van der Waals surface area contributed by atoms with Gasteiger partial charge in [0, 0.05) is 27.7 Å². The van der Waals surface area contributed by atoms with Crippen molar-refractivity contribution in [1.82, 2.24) is 0 Å². The average Bonchev–Trinajstić information content (AvgIpc) is 2.93. The lowest BCUT2D eigenvalue weighted by Crippen LogP contribution is -2.12. The average molecular weight is 313 g/mol. The van der Waals surface area contributed by atoms with Crippen molar-refractivity contribution in [3.8, 4) is 0 Å². The standard InChI is InChI=1S/C20H25OS/c1-3-5-13-22(14-6-4-2)16-11-12-20-18(15-16)17-9-7-8-10-19(17)21-20/h7-12,15H,3-6,13-14H2,1-2H3/q+1. The van der Waals surface area contributed by atoms with Gasteiger partial charge in [0.1, 0.15) is 22.7 Å². The number of para-hydroxylation sites is 1. The van der Waals surface area contributed by atoms with E-state index in [9.17, 15) is 0 Å². The Labute approximate surface area is 136 Å². The van der Waals surface area contributed by atoms with E-state index in [1.54, 1.807) is 0 Å². The summed E-state index contributed by atoms with van der Waals surface area (Å²) < 4.78 is 5.95. The van der Waals surface area contributed by atoms with Gasteiger partial charge in [0.05, 0.1) is 0 Å². The highest BCUT2D eigenvalue weighted by Crippen LogP contribution is 2.31. The molecule has 22 heavy (non-hydrogen) atoms. The number of fused-ring (bicyclic) bond motifs is 3. The predicted molar refractivity (Wildman–Crippen MR) is 98.9 cm³/mol. The molecule has 3 aromatic rings. The maximum Gasteiger partial charge on any atom is 0.155 e. The molecule has 0 aliphatic rings. The van der Waals surface area contributed by atoms with Gasteiger partial charge < -0.3 is 4.42 Å². The second-order valence-electron chi connectivity index (χ2n) is 5.86. The van der Waals surface area contributed by atoms with E-state index < -0.39 is 0 Å². The van der Waals surface area contributed by atoms with E-state index in [0.717, 1.165) is 11.2 Å². The van der Waals surface area contributed by atoms with E-state index in [4.69, 9.17) is 4.42 Å². The van der Waals surface area contributed by atoms with E-state index in [1.807, 2.05) is 6.07 Å². The van der Waals surface area contributed by atoms with Gasteiger partial charge in [-0.25, -0.2) is 0 Å². The summed E-state index contributed by atoms with van der Waals surface area (Å²) in [7, 11) is 0.388. The Hall–Kier alpha value is -1.41. The van der Waals surface area contributed by atoms with E-state index in [2.05, 4.69) is 50.2 Å². The van der Waals surface area contributed by atoms with Crippen LogP contribution in [0.2, 0.25) is 0 Å². The van der Waals surface area contributed by atoms with E-state index >= 15 is 0 Å². The van der Waals surface area contributed by atoms with Crippen LogP contribution >= 0.6 is 0 Å². The van der Waals surface area contributed by atoms with Crippen LogP contribution in [0.15, 0.2) is 51.8 Å². The third kappa shape index (κ3) is 3.17. The first-order valence-electron chi connectivity index (χ1n) is 8.42. The smallest absolute Gasteiger partial charge is 0.155 e. The minimum absolute atomic E-state index is 0.388. The first-order chi connectivity index (χ1) is 10.8. The molecule has 2 aromatic carbocycles. The van der Waals surface area contributed by atoms with Gasteiger partial charge in [-0.05, 0) is 31.0 Å². The van der Waals surface area contributed by atoms with Crippen molar-refractivity contribution in [2.24, 2.45) is 0 Å². The zero-order chi connectivity index (χ0) is 15.4. The fourth-order valence-electron chi connectivity index (χ4n) is 2.86. The molecule has 0 saturated heterocycles. The molecule has 1 heterocycles. The number of unbranched alkanes of at least 4 members (excludes halogenated alkanes) is 2. The minimum Gasteiger partial charge on any atom is -0.456 e. The van der Waals surface area contributed by atoms with Gasteiger partial charge in [-0.2, -0.15) is 0 Å². The van der Waals surface area contributed by atoms with Crippen LogP contribution in [0.4, 0.5) is 0 Å². The topological polar surface area (TPSA) is 13.1 Å². The largest absolute Gasteiger partial charge is 0.456 e. The van der Waals surface area contributed by atoms with E-state index in [1.165, 1.54) is 52.9 Å². The van der Waals surface area contributed by atoms with Gasteiger partial charge in [-0.15, -0.1) is 0 Å². The number of hydrogen-bond donors (Lipinski definition) is 0. The predicted octanol–water partition coefficient (Wildman–Crippen LogP) is 6.16. The molecule has 0 saturated carbocycles. The molecule has 0 aliphatic heterocycles. The zero-order valence-corrected chi connectivity index (χ0v) is 14.4. The lowest BCUT2D eigenvalue weighted by Gasteiger charge is -2.07. The Morgan fingerprint density at radius 1 is 0.818 bits per heavy atom. The van der Waals surface area contributed by atoms with Crippen molar-refractivity contribution in [3.63, 3.8) is 0 Å². The molecule has 0 amide bonds. The van der Waals surface area contributed by atoms with Crippen LogP contribution in [-0.2, 0) is 10.9 Å². The van der Waals surface area contributed by atoms with Gasteiger partial charge in [-0.3, -0.25) is 0 Å². The number of rotatable bonds is 7. The Morgan fingerprint density at radius 3 is 2.23 bits per heavy atom. The first-order valence-corrected chi connectivity index (χ1v) is 9.98. The van der Waals surface area contributed by atoms with Gasteiger partial charge in [0.2, 0.25) is 0 Å². The van der Waals surface area contributed by atoms with Crippen LogP contribution in [0, 0.1) is 0 Å². The summed E-state index contributed by atoms with van der Waals surface area (Å²) in [6.07, 6.45) is 5.23. The van der Waals surface area contributed by atoms with Crippen LogP contribution in [0.1, 0.15) is 39.5 Å². The summed E-state index contributed by atoms with van der Waals surface area (Å²) in [6.45, 7) is 4.57. The molecule has 0 spiro atoms. The lowest BCUT2D eigenvalue weighted by molar-refractivity contribution is 0.668. The molecule has 0 N–H and O–H groups in total. The van der Waals surface area contributed by atoms with Crippen LogP contribution in [0.25, 0.3) is 21.9 Å². The second kappa shape index (κ2) is 7.23. The Morgan fingerprint density at radius 2 is 1.50 bits per heavy atom. The summed E-state index contributed by atoms with van der Waals surface area (Å²) >= 11 is 0. The molecular formula is C20H25OS+. The molecule has 0 radical (unpaired) electrons. The molecular weight excluding hydrogens is 288 g/mol. The van der Waals surface area contributed by atoms with Crippen LogP contribution in [-0.4, -0.2) is 11.5 Å². The molecule has 0 bridgehead atoms. The molecule has 116 valence electrons. The highest BCUT2D eigenvalue weighted by atomic mass is 32.2. The SMILES string of the molecule is CCCC[S+](CCCC)c1ccc2oc3ccccc3c2c1. The number of benzene rings is 2. The first kappa shape index (κ1) is 15.5. The van der Waals surface area contributed by atoms with Crippen molar-refractivity contribution in [2.45, 2.75) is 44.4 Å². The summed E-state index contributed by atoms with van der Waals surface area (Å²) in [5.74, 6) is 2.66. The quantitative estimate of drug-likeness (QED) is 0.476. The van der Waals surface area contributed by atoms with Crippen molar-refractivity contribution in [1.29, 1.82) is 0 Å². The van der Waals surface area contributed by atoms with Gasteiger partial charge in [-0.1, -0.05) is 44.9 Å². The Kier molecular flexibility index (Phi) is 5.09. The van der Waals surface area contributed by atoms with Crippen molar-refractivity contribution in [3.05, 3.63) is 42.5 Å². The molecule has 0 aliphatic carbocycles. The number of furan rings is 1. The highest BCUT2D eigenvalue weighted by Gasteiger charge is 2.22. The van der Waals surface area contributed by atoms with Gasteiger partial charge in [0.25, 0.3) is 0 Å². The fourth-order valence-corrected chi connectivity index (χ4v) is 5.35.